The zero-order valence-corrected chi connectivity index (χ0v) is 16.8. The summed E-state index contributed by atoms with van der Waals surface area (Å²) in [7, 11) is -0.517. The average Bonchev–Trinajstić information content (AvgIpc) is 2.94. The van der Waals surface area contributed by atoms with Gasteiger partial charge in [-0.25, -0.2) is 4.79 Å². The van der Waals surface area contributed by atoms with Crippen LogP contribution in [0.25, 0.3) is 0 Å². The van der Waals surface area contributed by atoms with Crippen molar-refractivity contribution in [1.82, 2.24) is 0 Å². The van der Waals surface area contributed by atoms with Gasteiger partial charge in [-0.3, -0.25) is 0 Å². The first kappa shape index (κ1) is 21.2. The van der Waals surface area contributed by atoms with E-state index in [4.69, 9.17) is 18.6 Å². The van der Waals surface area contributed by atoms with Crippen LogP contribution in [0.3, 0.4) is 0 Å². The summed E-state index contributed by atoms with van der Waals surface area (Å²) in [5.41, 5.74) is 0. The van der Waals surface area contributed by atoms with E-state index < -0.39 is 20.3 Å². The van der Waals surface area contributed by atoms with Crippen molar-refractivity contribution in [3.8, 4) is 0 Å². The van der Waals surface area contributed by atoms with Crippen LogP contribution in [0.5, 0.6) is 0 Å². The largest absolute Gasteiger partial charge is 0.508 e. The van der Waals surface area contributed by atoms with Crippen LogP contribution >= 0.6 is 0 Å². The third-order valence-electron chi connectivity index (χ3n) is 4.51. The van der Waals surface area contributed by atoms with Crippen molar-refractivity contribution < 1.29 is 28.2 Å². The average molecular weight is 361 g/mol. The molecular weight excluding hydrogens is 328 g/mol. The Kier molecular flexibility index (Phi) is 8.42. The standard InChI is InChI=1S/C17H32O6Si/c1-7-24(8-2,9-3)23-14(11-10-12-20-16(18)19-6)15-13-21-17(4,5)22-15/h10-11,14-15H,7-9,12-13H2,1-6H3/b11-10+/t14-,15+/m0/s1. The molecule has 1 aliphatic heterocycles. The van der Waals surface area contributed by atoms with E-state index in [9.17, 15) is 4.79 Å². The first-order valence-corrected chi connectivity index (χ1v) is 11.2. The lowest BCUT2D eigenvalue weighted by molar-refractivity contribution is -0.146. The van der Waals surface area contributed by atoms with E-state index in [0.29, 0.717) is 6.61 Å². The third-order valence-corrected chi connectivity index (χ3v) is 9.14. The highest BCUT2D eigenvalue weighted by Crippen LogP contribution is 2.30. The maximum Gasteiger partial charge on any atom is 0.508 e. The van der Waals surface area contributed by atoms with Crippen molar-refractivity contribution in [1.29, 1.82) is 0 Å². The molecule has 0 aromatic rings. The van der Waals surface area contributed by atoms with Gasteiger partial charge in [-0.2, -0.15) is 0 Å². The topological polar surface area (TPSA) is 63.2 Å². The summed E-state index contributed by atoms with van der Waals surface area (Å²) in [5.74, 6) is -0.600. The van der Waals surface area contributed by atoms with E-state index in [0.717, 1.165) is 18.1 Å². The molecule has 7 heteroatoms. The lowest BCUT2D eigenvalue weighted by Crippen LogP contribution is -2.44. The SMILES string of the molecule is CC[Si](CC)(CC)O[C@@H](/C=C/COC(=O)OC)[C@H]1COC(C)(C)O1. The van der Waals surface area contributed by atoms with Gasteiger partial charge in [-0.1, -0.05) is 26.8 Å². The highest BCUT2D eigenvalue weighted by molar-refractivity contribution is 6.73. The highest BCUT2D eigenvalue weighted by atomic mass is 28.4. The Balaban J connectivity index is 2.79. The number of carbonyl (C=O) groups excluding carboxylic acids is 1. The van der Waals surface area contributed by atoms with Gasteiger partial charge in [0.25, 0.3) is 0 Å². The highest BCUT2D eigenvalue weighted by Gasteiger charge is 2.40. The first-order chi connectivity index (χ1) is 11.3. The van der Waals surface area contributed by atoms with Gasteiger partial charge < -0.3 is 23.4 Å². The molecule has 1 fully saturated rings. The van der Waals surface area contributed by atoms with Crippen LogP contribution in [-0.2, 0) is 23.4 Å². The molecule has 0 amide bonds. The Bertz CT molecular complexity index is 411. The summed E-state index contributed by atoms with van der Waals surface area (Å²) in [6.45, 7) is 11.0. The smallest absolute Gasteiger partial charge is 0.438 e. The molecule has 1 heterocycles. The fourth-order valence-electron chi connectivity index (χ4n) is 2.77. The maximum atomic E-state index is 11.0. The second kappa shape index (κ2) is 9.55. The molecule has 1 rings (SSSR count). The molecule has 1 saturated heterocycles. The van der Waals surface area contributed by atoms with Crippen LogP contribution in [0.2, 0.25) is 18.1 Å². The van der Waals surface area contributed by atoms with E-state index in [1.54, 1.807) is 6.08 Å². The lowest BCUT2D eigenvalue weighted by Gasteiger charge is -2.34. The minimum atomic E-state index is -1.80. The molecule has 0 radical (unpaired) electrons. The molecule has 2 atom stereocenters. The zero-order chi connectivity index (χ0) is 18.2. The molecule has 0 unspecified atom stereocenters. The van der Waals surface area contributed by atoms with Gasteiger partial charge in [-0.15, -0.1) is 0 Å². The fraction of sp³-hybridized carbons (Fsp3) is 0.824. The van der Waals surface area contributed by atoms with Gasteiger partial charge >= 0.3 is 6.16 Å². The summed E-state index contributed by atoms with van der Waals surface area (Å²) in [6.07, 6.45) is 2.63. The van der Waals surface area contributed by atoms with Crippen LogP contribution in [-0.4, -0.2) is 52.8 Å². The van der Waals surface area contributed by atoms with Gasteiger partial charge in [-0.05, 0) is 38.1 Å². The summed E-state index contributed by atoms with van der Waals surface area (Å²) in [4.78, 5) is 11.0. The van der Waals surface area contributed by atoms with E-state index >= 15 is 0 Å². The van der Waals surface area contributed by atoms with Crippen molar-refractivity contribution in [2.24, 2.45) is 0 Å². The number of hydrogen-bond acceptors (Lipinski definition) is 6. The second-order valence-electron chi connectivity index (χ2n) is 6.39. The Morgan fingerprint density at radius 1 is 1.29 bits per heavy atom. The van der Waals surface area contributed by atoms with Crippen molar-refractivity contribution in [2.45, 2.75) is 70.7 Å². The van der Waals surface area contributed by atoms with E-state index in [1.807, 2.05) is 19.9 Å². The van der Waals surface area contributed by atoms with Gasteiger partial charge in [0.05, 0.1) is 19.8 Å². The van der Waals surface area contributed by atoms with Crippen LogP contribution in [0.1, 0.15) is 34.6 Å². The number of ether oxygens (including phenoxy) is 4. The molecular formula is C17H32O6Si. The summed E-state index contributed by atoms with van der Waals surface area (Å²) < 4.78 is 27.6. The Labute approximate surface area is 146 Å². The van der Waals surface area contributed by atoms with E-state index in [-0.39, 0.29) is 18.8 Å². The number of hydrogen-bond donors (Lipinski definition) is 0. The number of carbonyl (C=O) groups is 1. The van der Waals surface area contributed by atoms with Crippen molar-refractivity contribution in [3.63, 3.8) is 0 Å². The normalized spacial score (nSPS) is 21.8. The predicted octanol–water partition coefficient (Wildman–Crippen LogP) is 3.87. The summed E-state index contributed by atoms with van der Waals surface area (Å²) in [5, 5.41) is 0. The number of rotatable bonds is 9. The molecule has 140 valence electrons. The van der Waals surface area contributed by atoms with Crippen LogP contribution in [0.4, 0.5) is 4.79 Å². The monoisotopic (exact) mass is 360 g/mol. The maximum absolute atomic E-state index is 11.0. The number of methoxy groups -OCH3 is 1. The van der Waals surface area contributed by atoms with Crippen LogP contribution in [0.15, 0.2) is 12.2 Å². The summed E-state index contributed by atoms with van der Waals surface area (Å²) in [6, 6.07) is 3.17. The van der Waals surface area contributed by atoms with Gasteiger partial charge in [0.1, 0.15) is 12.7 Å². The van der Waals surface area contributed by atoms with Gasteiger partial charge in [0, 0.05) is 0 Å². The molecule has 0 aliphatic carbocycles. The Hall–Kier alpha value is -0.893. The quantitative estimate of drug-likeness (QED) is 0.353. The molecule has 0 N–H and O–H groups in total. The lowest BCUT2D eigenvalue weighted by atomic mass is 10.2. The fourth-order valence-corrected chi connectivity index (χ4v) is 5.58. The molecule has 0 bridgehead atoms. The molecule has 0 spiro atoms. The zero-order valence-electron chi connectivity index (χ0n) is 15.8. The molecule has 6 nitrogen and oxygen atoms in total. The van der Waals surface area contributed by atoms with E-state index in [2.05, 4.69) is 25.5 Å². The van der Waals surface area contributed by atoms with E-state index in [1.165, 1.54) is 7.11 Å². The predicted molar refractivity (Wildman–Crippen MR) is 94.5 cm³/mol. The Morgan fingerprint density at radius 2 is 1.92 bits per heavy atom. The first-order valence-electron chi connectivity index (χ1n) is 8.68. The molecule has 24 heavy (non-hydrogen) atoms. The molecule has 0 aromatic carbocycles. The van der Waals surface area contributed by atoms with Crippen LogP contribution < -0.4 is 0 Å². The van der Waals surface area contributed by atoms with Crippen molar-refractivity contribution >= 4 is 14.5 Å². The molecule has 0 saturated carbocycles. The molecule has 0 aromatic heterocycles. The van der Waals surface area contributed by atoms with Crippen molar-refractivity contribution in [3.05, 3.63) is 12.2 Å². The van der Waals surface area contributed by atoms with Gasteiger partial charge in [0.2, 0.25) is 0 Å². The summed E-state index contributed by atoms with van der Waals surface area (Å²) >= 11 is 0. The minimum absolute atomic E-state index is 0.141. The molecule has 1 aliphatic rings. The second-order valence-corrected chi connectivity index (χ2v) is 11.1. The van der Waals surface area contributed by atoms with Crippen LogP contribution in [0, 0.1) is 0 Å². The third kappa shape index (κ3) is 6.20. The van der Waals surface area contributed by atoms with Crippen molar-refractivity contribution in [2.75, 3.05) is 20.3 Å². The Morgan fingerprint density at radius 3 is 2.38 bits per heavy atom. The van der Waals surface area contributed by atoms with Gasteiger partial charge in [0.15, 0.2) is 14.1 Å². The minimum Gasteiger partial charge on any atom is -0.438 e.